The molecule has 0 nitrogen and oxygen atoms in total. The van der Waals surface area contributed by atoms with Crippen LogP contribution in [-0.2, 0) is 24.7 Å². The van der Waals surface area contributed by atoms with Gasteiger partial charge >= 0.3 is 97.6 Å². The van der Waals surface area contributed by atoms with Gasteiger partial charge in [0.05, 0.1) is 0 Å². The molecule has 0 aromatic rings. The molecular weight excluding hydrogens is 273 g/mol. The van der Waals surface area contributed by atoms with E-state index in [1.807, 2.05) is 0 Å². The zero-order valence-electron chi connectivity index (χ0n) is 10.2. The SMILES string of the molecule is CCCC1(C)C(C)=C(C)C(C)=[C]1[Zr+2].[F-].[F-]. The maximum absolute atomic E-state index is 2.41. The molecule has 0 saturated heterocycles. The summed E-state index contributed by atoms with van der Waals surface area (Å²) in [7, 11) is 0. The summed E-state index contributed by atoms with van der Waals surface area (Å²) in [6.07, 6.45) is 2.60. The van der Waals surface area contributed by atoms with Crippen molar-refractivity contribution in [3.8, 4) is 0 Å². The summed E-state index contributed by atoms with van der Waals surface area (Å²) in [4.78, 5) is 0. The van der Waals surface area contributed by atoms with Gasteiger partial charge in [-0.2, -0.15) is 0 Å². The second-order valence-corrected chi connectivity index (χ2v) is 5.56. The van der Waals surface area contributed by atoms with E-state index in [9.17, 15) is 0 Å². The third-order valence-electron chi connectivity index (χ3n) is 3.63. The van der Waals surface area contributed by atoms with E-state index in [0.29, 0.717) is 5.41 Å². The third kappa shape index (κ3) is 2.67. The van der Waals surface area contributed by atoms with Gasteiger partial charge in [-0.1, -0.05) is 0 Å². The van der Waals surface area contributed by atoms with Crippen molar-refractivity contribution in [3.63, 3.8) is 0 Å². The number of rotatable bonds is 2. The molecule has 1 aliphatic rings. The zero-order valence-corrected chi connectivity index (χ0v) is 12.6. The molecule has 0 amide bonds. The predicted molar refractivity (Wildman–Crippen MR) is 54.1 cm³/mol. The van der Waals surface area contributed by atoms with Gasteiger partial charge in [-0.25, -0.2) is 0 Å². The Hall–Kier alpha value is 0.223. The van der Waals surface area contributed by atoms with Crippen molar-refractivity contribution in [2.75, 3.05) is 0 Å². The summed E-state index contributed by atoms with van der Waals surface area (Å²) in [6, 6.07) is 0. The summed E-state index contributed by atoms with van der Waals surface area (Å²) >= 11 is 1.60. The first-order chi connectivity index (χ1) is 5.95. The predicted octanol–water partition coefficient (Wildman–Crippen LogP) is -2.03. The molecular formula is C12H19F2Zr. The summed E-state index contributed by atoms with van der Waals surface area (Å²) in [5.41, 5.74) is 5.12. The number of hydrogen-bond donors (Lipinski definition) is 0. The van der Waals surface area contributed by atoms with Gasteiger partial charge in [0.25, 0.3) is 0 Å². The third-order valence-corrected chi connectivity index (χ3v) is 5.91. The first-order valence-electron chi connectivity index (χ1n) is 5.06. The minimum absolute atomic E-state index is 0. The van der Waals surface area contributed by atoms with Crippen LogP contribution in [0.3, 0.4) is 0 Å². The van der Waals surface area contributed by atoms with Crippen molar-refractivity contribution in [2.24, 2.45) is 5.41 Å². The van der Waals surface area contributed by atoms with Crippen molar-refractivity contribution in [1.82, 2.24) is 0 Å². The van der Waals surface area contributed by atoms with Crippen molar-refractivity contribution >= 4 is 0 Å². The van der Waals surface area contributed by atoms with Gasteiger partial charge in [-0.3, -0.25) is 0 Å². The second-order valence-electron chi connectivity index (χ2n) is 4.33. The normalized spacial score (nSPS) is 25.3. The maximum Gasteiger partial charge on any atom is -1.00 e. The molecule has 0 saturated carbocycles. The van der Waals surface area contributed by atoms with Crippen LogP contribution in [0.2, 0.25) is 0 Å². The molecule has 0 spiro atoms. The average Bonchev–Trinajstić information content (AvgIpc) is 2.23. The minimum Gasteiger partial charge on any atom is -1.00 e. The Kier molecular flexibility index (Phi) is 7.14. The molecule has 0 fully saturated rings. The Morgan fingerprint density at radius 2 is 1.53 bits per heavy atom. The van der Waals surface area contributed by atoms with E-state index < -0.39 is 0 Å². The average molecular weight is 293 g/mol. The van der Waals surface area contributed by atoms with Crippen LogP contribution in [0.5, 0.6) is 0 Å². The molecule has 1 aliphatic carbocycles. The van der Waals surface area contributed by atoms with Crippen LogP contribution in [0.1, 0.15) is 47.5 Å². The van der Waals surface area contributed by atoms with E-state index in [1.54, 1.807) is 44.7 Å². The number of allylic oxidation sites excluding steroid dienone is 4. The van der Waals surface area contributed by atoms with Gasteiger partial charge in [0.2, 0.25) is 0 Å². The first kappa shape index (κ1) is 17.6. The molecule has 0 heterocycles. The van der Waals surface area contributed by atoms with Gasteiger partial charge in [-0.05, 0) is 0 Å². The summed E-state index contributed by atoms with van der Waals surface area (Å²) in [5.74, 6) is 0. The van der Waals surface area contributed by atoms with Crippen LogP contribution in [-0.4, -0.2) is 0 Å². The van der Waals surface area contributed by atoms with Crippen LogP contribution >= 0.6 is 0 Å². The minimum atomic E-state index is 0. The van der Waals surface area contributed by atoms with Crippen molar-refractivity contribution < 1.29 is 34.1 Å². The van der Waals surface area contributed by atoms with Gasteiger partial charge in [0.15, 0.2) is 0 Å². The fourth-order valence-corrected chi connectivity index (χ4v) is 3.53. The molecule has 1 unspecified atom stereocenters. The van der Waals surface area contributed by atoms with Gasteiger partial charge in [0.1, 0.15) is 0 Å². The van der Waals surface area contributed by atoms with Crippen LogP contribution < -0.4 is 9.41 Å². The molecule has 0 bridgehead atoms. The fraction of sp³-hybridized carbons (Fsp3) is 0.667. The Labute approximate surface area is 107 Å². The standard InChI is InChI=1S/C12H19.2FH.Zr/c1-6-7-12(5)8-9(2)10(3)11(12)4;;;/h6-7H2,1-5H3;2*1H;/q;;;+2/p-2. The smallest absolute Gasteiger partial charge is 1.00 e. The van der Waals surface area contributed by atoms with E-state index in [2.05, 4.69) is 34.6 Å². The molecule has 15 heavy (non-hydrogen) atoms. The molecule has 85 valence electrons. The summed E-state index contributed by atoms with van der Waals surface area (Å²) < 4.78 is 1.68. The van der Waals surface area contributed by atoms with E-state index in [0.717, 1.165) is 0 Å². The molecule has 0 aromatic carbocycles. The molecule has 1 atom stereocenters. The van der Waals surface area contributed by atoms with E-state index in [1.165, 1.54) is 12.8 Å². The Bertz CT molecular complexity index is 266. The molecule has 0 radical (unpaired) electrons. The molecule has 0 aromatic heterocycles. The van der Waals surface area contributed by atoms with Crippen LogP contribution in [0.4, 0.5) is 0 Å². The van der Waals surface area contributed by atoms with E-state index in [4.69, 9.17) is 0 Å². The Morgan fingerprint density at radius 3 is 1.80 bits per heavy atom. The number of hydrogen-bond acceptors (Lipinski definition) is 0. The monoisotopic (exact) mass is 291 g/mol. The summed E-state index contributed by atoms with van der Waals surface area (Å²) in [5, 5.41) is 0. The van der Waals surface area contributed by atoms with Crippen LogP contribution in [0, 0.1) is 5.41 Å². The van der Waals surface area contributed by atoms with E-state index >= 15 is 0 Å². The van der Waals surface area contributed by atoms with Gasteiger partial charge < -0.3 is 9.41 Å². The van der Waals surface area contributed by atoms with Crippen molar-refractivity contribution in [1.29, 1.82) is 0 Å². The molecule has 3 heteroatoms. The molecule has 0 aliphatic heterocycles. The Morgan fingerprint density at radius 1 is 1.07 bits per heavy atom. The van der Waals surface area contributed by atoms with Crippen LogP contribution in [0.15, 0.2) is 20.0 Å². The Balaban J connectivity index is 0. The van der Waals surface area contributed by atoms with Gasteiger partial charge in [-0.15, -0.1) is 0 Å². The second kappa shape index (κ2) is 6.08. The summed E-state index contributed by atoms with van der Waals surface area (Å²) in [6.45, 7) is 11.6. The topological polar surface area (TPSA) is 0 Å². The van der Waals surface area contributed by atoms with Crippen LogP contribution in [0.25, 0.3) is 0 Å². The largest absolute Gasteiger partial charge is 1.00 e. The fourth-order valence-electron chi connectivity index (χ4n) is 2.30. The zero-order chi connectivity index (χ0) is 10.2. The quantitative estimate of drug-likeness (QED) is 0.551. The van der Waals surface area contributed by atoms with Gasteiger partial charge in [0, 0.05) is 0 Å². The number of halogens is 2. The van der Waals surface area contributed by atoms with Crippen molar-refractivity contribution in [2.45, 2.75) is 47.5 Å². The maximum atomic E-state index is 2.41. The molecule has 0 N–H and O–H groups in total. The van der Waals surface area contributed by atoms with Crippen molar-refractivity contribution in [3.05, 3.63) is 20.0 Å². The molecule has 1 rings (SSSR count). The van der Waals surface area contributed by atoms with E-state index in [-0.39, 0.29) is 9.41 Å². The first-order valence-corrected chi connectivity index (χ1v) is 6.29.